The number of benzene rings is 1. The van der Waals surface area contributed by atoms with Gasteiger partial charge < -0.3 is 16.0 Å². The van der Waals surface area contributed by atoms with E-state index in [9.17, 15) is 14.9 Å². The Morgan fingerprint density at radius 3 is 2.85 bits per heavy atom. The third-order valence-corrected chi connectivity index (χ3v) is 4.54. The average molecular weight is 395 g/mol. The summed E-state index contributed by atoms with van der Waals surface area (Å²) in [4.78, 5) is 23.1. The first kappa shape index (κ1) is 20.7. The van der Waals surface area contributed by atoms with Crippen LogP contribution in [0.15, 0.2) is 36.7 Å². The molecule has 2 atom stereocenters. The number of amides is 1. The number of halogens is 1. The van der Waals surface area contributed by atoms with E-state index in [1.54, 1.807) is 29.1 Å². The summed E-state index contributed by atoms with van der Waals surface area (Å²) in [6, 6.07) is 6.45. The summed E-state index contributed by atoms with van der Waals surface area (Å²) in [5.74, 6) is -0.0645. The lowest BCUT2D eigenvalue weighted by molar-refractivity contribution is -0.384. The van der Waals surface area contributed by atoms with Crippen molar-refractivity contribution in [2.45, 2.75) is 5.92 Å². The minimum atomic E-state index is -0.427. The molecule has 1 aliphatic rings. The van der Waals surface area contributed by atoms with Gasteiger partial charge >= 0.3 is 0 Å². The van der Waals surface area contributed by atoms with Crippen LogP contribution in [0.2, 0.25) is 0 Å². The van der Waals surface area contributed by atoms with Gasteiger partial charge in [-0.05, 0) is 11.6 Å². The van der Waals surface area contributed by atoms with Gasteiger partial charge in [0.1, 0.15) is 5.69 Å². The summed E-state index contributed by atoms with van der Waals surface area (Å²) in [6.45, 7) is 2.18. The first-order chi connectivity index (χ1) is 12.6. The fourth-order valence-electron chi connectivity index (χ4n) is 3.23. The number of carbonyl (C=O) groups excluding carboxylic acids is 1. The molecule has 1 aromatic carbocycles. The summed E-state index contributed by atoms with van der Waals surface area (Å²) in [5, 5.41) is 24.3. The van der Waals surface area contributed by atoms with Crippen LogP contribution in [0.5, 0.6) is 0 Å². The molecule has 3 N–H and O–H groups in total. The van der Waals surface area contributed by atoms with E-state index in [1.807, 2.05) is 13.2 Å². The fourth-order valence-corrected chi connectivity index (χ4v) is 3.23. The number of rotatable bonds is 7. The van der Waals surface area contributed by atoms with Crippen molar-refractivity contribution < 1.29 is 9.72 Å². The molecule has 1 amide bonds. The van der Waals surface area contributed by atoms with E-state index in [0.717, 1.165) is 12.1 Å². The lowest BCUT2D eigenvalue weighted by Gasteiger charge is -2.17. The zero-order chi connectivity index (χ0) is 18.5. The highest BCUT2D eigenvalue weighted by Crippen LogP contribution is 2.28. The van der Waals surface area contributed by atoms with Crippen molar-refractivity contribution in [3.63, 3.8) is 0 Å². The molecule has 27 heavy (non-hydrogen) atoms. The first-order valence-electron chi connectivity index (χ1n) is 8.50. The molecule has 10 heteroatoms. The van der Waals surface area contributed by atoms with E-state index in [2.05, 4.69) is 21.0 Å². The molecule has 0 radical (unpaired) electrons. The predicted molar refractivity (Wildman–Crippen MR) is 104 cm³/mol. The standard InChI is InChI=1S/C17H22N6O3.ClH/c1-22-11-12(8-21-22)13-9-18-10-14(13)17(24)20-7-6-19-15-4-2-3-5-16(15)23(25)26;/h2-5,8,11,13-14,18-19H,6-7,9-10H2,1H3,(H,20,24);1H/t13-,14+;/m1./s1. The second kappa shape index (κ2) is 9.33. The van der Waals surface area contributed by atoms with Gasteiger partial charge in [0.2, 0.25) is 5.91 Å². The SMILES string of the molecule is Cl.Cn1cc([C@H]2CNC[C@@H]2C(=O)NCCNc2ccccc2[N+](=O)[O-])cn1. The van der Waals surface area contributed by atoms with Crippen LogP contribution in [0.4, 0.5) is 11.4 Å². The molecular weight excluding hydrogens is 372 g/mol. The van der Waals surface area contributed by atoms with Gasteiger partial charge in [-0.3, -0.25) is 19.6 Å². The number of carbonyl (C=O) groups is 1. The number of para-hydroxylation sites is 2. The van der Waals surface area contributed by atoms with Crippen LogP contribution < -0.4 is 16.0 Å². The number of nitro benzene ring substituents is 1. The number of hydrogen-bond acceptors (Lipinski definition) is 6. The van der Waals surface area contributed by atoms with Gasteiger partial charge in [0, 0.05) is 51.4 Å². The van der Waals surface area contributed by atoms with E-state index in [-0.39, 0.29) is 35.8 Å². The normalized spacial score (nSPS) is 18.6. The van der Waals surface area contributed by atoms with Crippen molar-refractivity contribution in [3.8, 4) is 0 Å². The monoisotopic (exact) mass is 394 g/mol. The number of nitrogens with zero attached hydrogens (tertiary/aromatic N) is 3. The zero-order valence-electron chi connectivity index (χ0n) is 14.9. The van der Waals surface area contributed by atoms with Gasteiger partial charge in [-0.25, -0.2) is 0 Å². The van der Waals surface area contributed by atoms with Crippen molar-refractivity contribution in [2.24, 2.45) is 13.0 Å². The highest BCUT2D eigenvalue weighted by atomic mass is 35.5. The molecule has 0 aliphatic carbocycles. The van der Waals surface area contributed by atoms with Gasteiger partial charge in [-0.15, -0.1) is 12.4 Å². The van der Waals surface area contributed by atoms with Crippen LogP contribution in [0.3, 0.4) is 0 Å². The second-order valence-corrected chi connectivity index (χ2v) is 6.31. The van der Waals surface area contributed by atoms with Gasteiger partial charge in [-0.2, -0.15) is 5.10 Å². The van der Waals surface area contributed by atoms with Gasteiger partial charge in [-0.1, -0.05) is 12.1 Å². The Labute approximate surface area is 163 Å². The molecule has 1 saturated heterocycles. The molecule has 0 spiro atoms. The third kappa shape index (κ3) is 4.95. The molecule has 1 fully saturated rings. The van der Waals surface area contributed by atoms with E-state index >= 15 is 0 Å². The molecule has 146 valence electrons. The Balaban J connectivity index is 0.00000261. The van der Waals surface area contributed by atoms with Crippen LogP contribution in [0, 0.1) is 16.0 Å². The summed E-state index contributed by atoms with van der Waals surface area (Å²) in [6.07, 6.45) is 3.74. The lowest BCUT2D eigenvalue weighted by atomic mass is 9.90. The number of nitro groups is 1. The number of anilines is 1. The smallest absolute Gasteiger partial charge is 0.292 e. The summed E-state index contributed by atoms with van der Waals surface area (Å²) < 4.78 is 1.74. The Morgan fingerprint density at radius 1 is 1.37 bits per heavy atom. The van der Waals surface area contributed by atoms with Crippen LogP contribution in [0.1, 0.15) is 11.5 Å². The Kier molecular flexibility index (Phi) is 7.14. The van der Waals surface area contributed by atoms with Gasteiger partial charge in [0.15, 0.2) is 0 Å². The highest BCUT2D eigenvalue weighted by Gasteiger charge is 2.34. The number of hydrogen-bond donors (Lipinski definition) is 3. The number of aromatic nitrogens is 2. The average Bonchev–Trinajstić information content (AvgIpc) is 3.27. The summed E-state index contributed by atoms with van der Waals surface area (Å²) in [7, 11) is 1.86. The molecule has 1 aromatic heterocycles. The fraction of sp³-hybridized carbons (Fsp3) is 0.412. The van der Waals surface area contributed by atoms with Crippen molar-refractivity contribution in [1.29, 1.82) is 0 Å². The van der Waals surface area contributed by atoms with Crippen molar-refractivity contribution in [3.05, 3.63) is 52.3 Å². The summed E-state index contributed by atoms with van der Waals surface area (Å²) in [5.41, 5.74) is 1.52. The van der Waals surface area contributed by atoms with Crippen LogP contribution >= 0.6 is 12.4 Å². The first-order valence-corrected chi connectivity index (χ1v) is 8.50. The van der Waals surface area contributed by atoms with E-state index in [0.29, 0.717) is 25.3 Å². The number of aryl methyl sites for hydroxylation is 1. The quantitative estimate of drug-likeness (QED) is 0.370. The molecule has 0 saturated carbocycles. The largest absolute Gasteiger partial charge is 0.378 e. The second-order valence-electron chi connectivity index (χ2n) is 6.31. The zero-order valence-corrected chi connectivity index (χ0v) is 15.7. The molecule has 2 heterocycles. The van der Waals surface area contributed by atoms with Crippen LogP contribution in [-0.2, 0) is 11.8 Å². The van der Waals surface area contributed by atoms with E-state index in [1.165, 1.54) is 6.07 Å². The van der Waals surface area contributed by atoms with Gasteiger partial charge in [0.25, 0.3) is 5.69 Å². The molecule has 2 aromatic rings. The minimum Gasteiger partial charge on any atom is -0.378 e. The molecule has 0 unspecified atom stereocenters. The Hall–Kier alpha value is -2.65. The highest BCUT2D eigenvalue weighted by molar-refractivity contribution is 5.85. The molecule has 9 nitrogen and oxygen atoms in total. The van der Waals surface area contributed by atoms with Gasteiger partial charge in [0.05, 0.1) is 17.0 Å². The van der Waals surface area contributed by atoms with E-state index < -0.39 is 4.92 Å². The number of nitrogens with one attached hydrogen (secondary N) is 3. The van der Waals surface area contributed by atoms with Crippen molar-refractivity contribution in [1.82, 2.24) is 20.4 Å². The topological polar surface area (TPSA) is 114 Å². The Bertz CT molecular complexity index is 796. The van der Waals surface area contributed by atoms with E-state index in [4.69, 9.17) is 0 Å². The molecular formula is C17H23ClN6O3. The molecule has 1 aliphatic heterocycles. The van der Waals surface area contributed by atoms with Crippen LogP contribution in [0.25, 0.3) is 0 Å². The lowest BCUT2D eigenvalue weighted by Crippen LogP contribution is -2.36. The molecule has 0 bridgehead atoms. The summed E-state index contributed by atoms with van der Waals surface area (Å²) >= 11 is 0. The molecule has 3 rings (SSSR count). The maximum absolute atomic E-state index is 12.5. The predicted octanol–water partition coefficient (Wildman–Crippen LogP) is 1.28. The maximum atomic E-state index is 12.5. The third-order valence-electron chi connectivity index (χ3n) is 4.54. The maximum Gasteiger partial charge on any atom is 0.292 e. The van der Waals surface area contributed by atoms with Crippen LogP contribution in [-0.4, -0.2) is 46.8 Å². The van der Waals surface area contributed by atoms with Crippen molar-refractivity contribution in [2.75, 3.05) is 31.5 Å². The van der Waals surface area contributed by atoms with Crippen molar-refractivity contribution >= 4 is 29.7 Å². The minimum absolute atomic E-state index is 0. The Morgan fingerprint density at radius 2 is 2.15 bits per heavy atom.